The molecule has 0 aliphatic rings. The van der Waals surface area contributed by atoms with E-state index in [9.17, 15) is 25.9 Å². The van der Waals surface area contributed by atoms with Gasteiger partial charge in [-0.3, -0.25) is 0 Å². The van der Waals surface area contributed by atoms with Gasteiger partial charge in [-0.15, -0.1) is 4.57 Å². The lowest BCUT2D eigenvalue weighted by Gasteiger charge is -2.18. The normalized spacial score (nSPS) is 12.0. The fraction of sp³-hybridized carbons (Fsp3) is 0.0286. The summed E-state index contributed by atoms with van der Waals surface area (Å²) in [4.78, 5) is 3.82. The Morgan fingerprint density at radius 3 is 1.96 bits per heavy atom. The minimum atomic E-state index is -5.03. The average molecular weight is 678 g/mol. The van der Waals surface area contributed by atoms with Crippen molar-refractivity contribution >= 4 is 75.8 Å². The number of nitrogens with one attached hydrogen (secondary N) is 2. The van der Waals surface area contributed by atoms with E-state index in [0.29, 0.717) is 44.9 Å². The molecule has 2 N–H and O–H groups in total. The summed E-state index contributed by atoms with van der Waals surface area (Å²) in [5, 5.41) is 6.76. The molecule has 13 heteroatoms. The van der Waals surface area contributed by atoms with Gasteiger partial charge in [0.05, 0.1) is 28.3 Å². The molecule has 6 aromatic carbocycles. The predicted octanol–water partition coefficient (Wildman–Crippen LogP) is 6.12. The van der Waals surface area contributed by atoms with E-state index in [1.807, 2.05) is 53.1 Å². The summed E-state index contributed by atoms with van der Waals surface area (Å²) in [5.41, 5.74) is 3.48. The van der Waals surface area contributed by atoms with Crippen molar-refractivity contribution in [2.24, 2.45) is 0 Å². The molecule has 0 bridgehead atoms. The first-order chi connectivity index (χ1) is 23.0. The Labute approximate surface area is 275 Å². The molecule has 11 nitrogen and oxygen atoms in total. The van der Waals surface area contributed by atoms with E-state index in [1.165, 1.54) is 31.4 Å². The minimum absolute atomic E-state index is 0.0136. The molecule has 1 aromatic heterocycles. The molecule has 7 rings (SSSR count). The molecular formula is C35H25N4O7S2-. The van der Waals surface area contributed by atoms with Crippen LogP contribution in [0.4, 0.5) is 22.7 Å². The Bertz CT molecular complexity index is 2600. The molecule has 0 spiro atoms. The third-order valence-electron chi connectivity index (χ3n) is 7.82. The van der Waals surface area contributed by atoms with Crippen molar-refractivity contribution in [3.8, 4) is 11.4 Å². The summed E-state index contributed by atoms with van der Waals surface area (Å²) in [7, 11) is -8.47. The second-order valence-corrected chi connectivity index (χ2v) is 13.5. The molecule has 7 aromatic rings. The lowest BCUT2D eigenvalue weighted by Crippen LogP contribution is -2.33. The second kappa shape index (κ2) is 11.9. The Hall–Kier alpha value is -5.60. The van der Waals surface area contributed by atoms with Crippen molar-refractivity contribution in [1.82, 2.24) is 4.98 Å². The van der Waals surface area contributed by atoms with Crippen LogP contribution in [0.25, 0.3) is 38.5 Å². The zero-order chi connectivity index (χ0) is 33.6. The van der Waals surface area contributed by atoms with Crippen molar-refractivity contribution < 1.29 is 35.2 Å². The van der Waals surface area contributed by atoms with Gasteiger partial charge in [0.15, 0.2) is 0 Å². The lowest BCUT2D eigenvalue weighted by molar-refractivity contribution is -0.538. The maximum atomic E-state index is 12.7. The molecule has 0 aliphatic carbocycles. The molecule has 0 saturated carbocycles. The zero-order valence-electron chi connectivity index (χ0n) is 25.1. The molecule has 0 aliphatic heterocycles. The monoisotopic (exact) mass is 677 g/mol. The summed E-state index contributed by atoms with van der Waals surface area (Å²) in [6, 6.07) is 33.8. The molecule has 0 radical (unpaired) electrons. The highest BCUT2D eigenvalue weighted by Crippen LogP contribution is 2.38. The zero-order valence-corrected chi connectivity index (χ0v) is 26.7. The number of aromatic nitrogens is 2. The maximum absolute atomic E-state index is 12.7. The summed E-state index contributed by atoms with van der Waals surface area (Å²) in [6.45, 7) is 0. The molecular weight excluding hydrogens is 653 g/mol. The third kappa shape index (κ3) is 5.75. The molecule has 0 fully saturated rings. The Balaban J connectivity index is 1.63. The van der Waals surface area contributed by atoms with Crippen LogP contribution in [0.3, 0.4) is 0 Å². The summed E-state index contributed by atoms with van der Waals surface area (Å²) in [6.07, 6.45) is 0. The number of para-hydroxylation sites is 2. The minimum Gasteiger partial charge on any atom is -0.744 e. The fourth-order valence-electron chi connectivity index (χ4n) is 5.79. The molecule has 240 valence electrons. The molecule has 48 heavy (non-hydrogen) atoms. The van der Waals surface area contributed by atoms with Gasteiger partial charge in [0.1, 0.15) is 37.0 Å². The highest BCUT2D eigenvalue weighted by molar-refractivity contribution is 7.86. The number of hydrogen-bond donors (Lipinski definition) is 2. The van der Waals surface area contributed by atoms with E-state index < -0.39 is 30.0 Å². The SMILES string of the molecule is COc1cccc(Nc2cc3c(cc2S(=O)(=O)[O-])nc2c4cccc(S(=O)(=O)[O-])c4c(Nc4ccccc4)cc2[n+]3-c2ccccc2)c1. The smallest absolute Gasteiger partial charge is 0.240 e. The van der Waals surface area contributed by atoms with Gasteiger partial charge < -0.3 is 24.5 Å². The molecule has 0 saturated heterocycles. The van der Waals surface area contributed by atoms with Gasteiger partial charge in [-0.2, -0.15) is 0 Å². The maximum Gasteiger partial charge on any atom is 0.240 e. The second-order valence-electron chi connectivity index (χ2n) is 10.8. The fourth-order valence-corrected chi connectivity index (χ4v) is 7.14. The van der Waals surface area contributed by atoms with Crippen LogP contribution >= 0.6 is 0 Å². The Kier molecular flexibility index (Phi) is 7.68. The lowest BCUT2D eigenvalue weighted by atomic mass is 10.0. The van der Waals surface area contributed by atoms with Crippen molar-refractivity contribution in [3.63, 3.8) is 0 Å². The van der Waals surface area contributed by atoms with Crippen LogP contribution in [0.5, 0.6) is 5.75 Å². The first kappa shape index (κ1) is 31.0. The Morgan fingerprint density at radius 1 is 0.646 bits per heavy atom. The number of fused-ring (bicyclic) bond motifs is 4. The third-order valence-corrected chi connectivity index (χ3v) is 9.58. The topological polar surface area (TPSA) is 164 Å². The number of nitrogens with zero attached hydrogens (tertiary/aromatic N) is 2. The molecule has 0 amide bonds. The van der Waals surface area contributed by atoms with E-state index >= 15 is 0 Å². The molecule has 0 unspecified atom stereocenters. The average Bonchev–Trinajstić information content (AvgIpc) is 3.07. The highest BCUT2D eigenvalue weighted by Gasteiger charge is 2.27. The van der Waals surface area contributed by atoms with Gasteiger partial charge in [0.25, 0.3) is 0 Å². The molecule has 0 atom stereocenters. The number of anilines is 4. The van der Waals surface area contributed by atoms with E-state index in [2.05, 4.69) is 10.6 Å². The van der Waals surface area contributed by atoms with Crippen molar-refractivity contribution in [2.75, 3.05) is 17.7 Å². The van der Waals surface area contributed by atoms with Crippen LogP contribution in [-0.2, 0) is 20.2 Å². The van der Waals surface area contributed by atoms with E-state index in [-0.39, 0.29) is 22.1 Å². The highest BCUT2D eigenvalue weighted by atomic mass is 32.2. The number of ether oxygens (including phenoxy) is 1. The Morgan fingerprint density at radius 2 is 1.27 bits per heavy atom. The van der Waals surface area contributed by atoms with Gasteiger partial charge in [-0.25, -0.2) is 21.8 Å². The largest absolute Gasteiger partial charge is 0.744 e. The standard InChI is InChI=1S/C35H26N4O7S2/c1-46-25-15-8-12-23(18-25)37-28-19-30-27(21-33(28)48(43,44)45)38-35-26-16-9-17-32(47(40,41)42)34(26)29(36-22-10-4-2-5-11-22)20-31(35)39(30)24-13-6-3-7-14-24/h2-21H,1H3,(H3,36,37,40,41,42,43,44,45)/p-1. The van der Waals surface area contributed by atoms with Crippen molar-refractivity contribution in [1.29, 1.82) is 0 Å². The number of methoxy groups -OCH3 is 1. The van der Waals surface area contributed by atoms with Crippen LogP contribution in [-0.4, -0.2) is 38.0 Å². The van der Waals surface area contributed by atoms with Gasteiger partial charge in [-0.1, -0.05) is 54.6 Å². The van der Waals surface area contributed by atoms with E-state index in [1.54, 1.807) is 48.5 Å². The first-order valence-electron chi connectivity index (χ1n) is 14.5. The molecule has 1 heterocycles. The van der Waals surface area contributed by atoms with E-state index in [0.717, 1.165) is 0 Å². The van der Waals surface area contributed by atoms with E-state index in [4.69, 9.17) is 9.72 Å². The van der Waals surface area contributed by atoms with Crippen LogP contribution in [0.15, 0.2) is 131 Å². The van der Waals surface area contributed by atoms with Crippen LogP contribution in [0, 0.1) is 0 Å². The van der Waals surface area contributed by atoms with Gasteiger partial charge in [0, 0.05) is 52.5 Å². The number of rotatable bonds is 8. The first-order valence-corrected chi connectivity index (χ1v) is 17.3. The van der Waals surface area contributed by atoms with Gasteiger partial charge >= 0.3 is 0 Å². The van der Waals surface area contributed by atoms with Crippen molar-refractivity contribution in [2.45, 2.75) is 9.79 Å². The van der Waals surface area contributed by atoms with Crippen LogP contribution in [0.2, 0.25) is 0 Å². The predicted molar refractivity (Wildman–Crippen MR) is 180 cm³/mol. The quantitative estimate of drug-likeness (QED) is 0.0828. The number of hydrogen-bond acceptors (Lipinski definition) is 10. The van der Waals surface area contributed by atoms with Gasteiger partial charge in [0.2, 0.25) is 16.7 Å². The summed E-state index contributed by atoms with van der Waals surface area (Å²) < 4.78 is 82.7. The van der Waals surface area contributed by atoms with Crippen LogP contribution in [0.1, 0.15) is 0 Å². The van der Waals surface area contributed by atoms with Crippen LogP contribution < -0.4 is 19.9 Å². The summed E-state index contributed by atoms with van der Waals surface area (Å²) in [5.74, 6) is 0.518. The number of benzene rings is 6. The van der Waals surface area contributed by atoms with Crippen molar-refractivity contribution in [3.05, 3.63) is 121 Å². The van der Waals surface area contributed by atoms with Gasteiger partial charge in [-0.05, 0) is 36.4 Å². The summed E-state index contributed by atoms with van der Waals surface area (Å²) >= 11 is 0.